The third-order valence-electron chi connectivity index (χ3n) is 4.20. The lowest BCUT2D eigenvalue weighted by Gasteiger charge is -2.17. The van der Waals surface area contributed by atoms with Crippen LogP contribution < -0.4 is 0 Å². The summed E-state index contributed by atoms with van der Waals surface area (Å²) >= 11 is 8.25. The maximum Gasteiger partial charge on any atom is 0.116 e. The van der Waals surface area contributed by atoms with Crippen LogP contribution in [0.3, 0.4) is 0 Å². The predicted octanol–water partition coefficient (Wildman–Crippen LogP) is 6.40. The molecule has 0 radical (unpaired) electrons. The number of benzene rings is 3. The van der Waals surface area contributed by atoms with Gasteiger partial charge in [0.2, 0.25) is 0 Å². The lowest BCUT2D eigenvalue weighted by molar-refractivity contribution is 0.475. The van der Waals surface area contributed by atoms with Crippen molar-refractivity contribution >= 4 is 34.8 Å². The zero-order chi connectivity index (χ0) is 17.2. The van der Waals surface area contributed by atoms with Crippen LogP contribution >= 0.6 is 23.4 Å². The number of halogens is 1. The van der Waals surface area contributed by atoms with Gasteiger partial charge < -0.3 is 5.11 Å². The Labute approximate surface area is 156 Å². The average Bonchev–Trinajstić information content (AvgIpc) is 2.81. The zero-order valence-corrected chi connectivity index (χ0v) is 15.0. The molecule has 124 valence electrons. The van der Waals surface area contributed by atoms with Crippen molar-refractivity contribution in [1.29, 1.82) is 0 Å². The van der Waals surface area contributed by atoms with E-state index in [4.69, 9.17) is 16.6 Å². The van der Waals surface area contributed by atoms with E-state index in [1.165, 1.54) is 0 Å². The predicted molar refractivity (Wildman–Crippen MR) is 105 cm³/mol. The molecular formula is C21H16ClNOS. The highest BCUT2D eigenvalue weighted by molar-refractivity contribution is 7.99. The standard InChI is InChI=1S/C21H16ClNOS/c22-17-9-2-1-8-16(17)21-13-19(14-6-5-7-15(24)12-14)23-18-10-3-4-11-20(18)25-21/h1-12,21,24H,13H2. The van der Waals surface area contributed by atoms with Gasteiger partial charge in [-0.3, -0.25) is 4.99 Å². The number of nitrogens with zero attached hydrogens (tertiary/aromatic N) is 1. The minimum atomic E-state index is 0.165. The minimum Gasteiger partial charge on any atom is -0.508 e. The number of fused-ring (bicyclic) bond motifs is 1. The van der Waals surface area contributed by atoms with Gasteiger partial charge in [-0.15, -0.1) is 11.8 Å². The number of phenols is 1. The van der Waals surface area contributed by atoms with Gasteiger partial charge in [-0.2, -0.15) is 0 Å². The van der Waals surface area contributed by atoms with E-state index in [1.807, 2.05) is 48.5 Å². The second-order valence-corrected chi connectivity index (χ2v) is 7.56. The fourth-order valence-electron chi connectivity index (χ4n) is 2.99. The highest BCUT2D eigenvalue weighted by Crippen LogP contribution is 2.47. The van der Waals surface area contributed by atoms with Gasteiger partial charge in [0.25, 0.3) is 0 Å². The van der Waals surface area contributed by atoms with Gasteiger partial charge in [0.05, 0.1) is 5.69 Å². The molecule has 0 amide bonds. The van der Waals surface area contributed by atoms with Crippen LogP contribution in [-0.4, -0.2) is 10.8 Å². The Morgan fingerprint density at radius 2 is 1.76 bits per heavy atom. The molecule has 0 saturated heterocycles. The van der Waals surface area contributed by atoms with E-state index in [1.54, 1.807) is 23.9 Å². The molecule has 1 aliphatic rings. The van der Waals surface area contributed by atoms with Crippen LogP contribution in [0.4, 0.5) is 5.69 Å². The van der Waals surface area contributed by atoms with Gasteiger partial charge in [0.15, 0.2) is 0 Å². The summed E-state index contributed by atoms with van der Waals surface area (Å²) in [4.78, 5) is 6.04. The molecule has 0 spiro atoms. The molecule has 0 fully saturated rings. The number of hydrogen-bond donors (Lipinski definition) is 1. The van der Waals surface area contributed by atoms with Gasteiger partial charge >= 0.3 is 0 Å². The zero-order valence-electron chi connectivity index (χ0n) is 13.4. The average molecular weight is 366 g/mol. The van der Waals surface area contributed by atoms with Gasteiger partial charge in [-0.25, -0.2) is 0 Å². The van der Waals surface area contributed by atoms with E-state index >= 15 is 0 Å². The Bertz CT molecular complexity index is 954. The fraction of sp³-hybridized carbons (Fsp3) is 0.0952. The van der Waals surface area contributed by atoms with Crippen molar-refractivity contribution in [2.75, 3.05) is 0 Å². The first-order valence-corrected chi connectivity index (χ1v) is 9.33. The van der Waals surface area contributed by atoms with Crippen LogP contribution in [0.25, 0.3) is 0 Å². The first-order valence-electron chi connectivity index (χ1n) is 8.08. The van der Waals surface area contributed by atoms with Gasteiger partial charge in [0.1, 0.15) is 5.75 Å². The monoisotopic (exact) mass is 365 g/mol. The molecule has 1 unspecified atom stereocenters. The van der Waals surface area contributed by atoms with Crippen LogP contribution in [0.1, 0.15) is 22.8 Å². The Hall–Kier alpha value is -2.23. The van der Waals surface area contributed by atoms with Crippen molar-refractivity contribution in [3.05, 3.63) is 88.9 Å². The molecular weight excluding hydrogens is 350 g/mol. The van der Waals surface area contributed by atoms with Crippen molar-refractivity contribution in [2.45, 2.75) is 16.6 Å². The van der Waals surface area contributed by atoms with Crippen LogP contribution in [0, 0.1) is 0 Å². The van der Waals surface area contributed by atoms with Crippen molar-refractivity contribution in [1.82, 2.24) is 0 Å². The maximum absolute atomic E-state index is 9.86. The second kappa shape index (κ2) is 6.95. The summed E-state index contributed by atoms with van der Waals surface area (Å²) in [6.45, 7) is 0. The number of aliphatic imine (C=N–C) groups is 1. The molecule has 3 aromatic carbocycles. The summed E-state index contributed by atoms with van der Waals surface area (Å²) in [5, 5.41) is 10.8. The summed E-state index contributed by atoms with van der Waals surface area (Å²) in [7, 11) is 0. The van der Waals surface area contributed by atoms with Crippen LogP contribution in [0.5, 0.6) is 5.75 Å². The normalized spacial score (nSPS) is 16.7. The summed E-state index contributed by atoms with van der Waals surface area (Å²) in [5.74, 6) is 0.250. The van der Waals surface area contributed by atoms with E-state index in [0.717, 1.165) is 38.9 Å². The third kappa shape index (κ3) is 3.44. The molecule has 4 heteroatoms. The van der Waals surface area contributed by atoms with E-state index in [0.29, 0.717) is 0 Å². The number of hydrogen-bond acceptors (Lipinski definition) is 3. The fourth-order valence-corrected chi connectivity index (χ4v) is 4.59. The Balaban J connectivity index is 1.83. The van der Waals surface area contributed by atoms with E-state index in [9.17, 15) is 5.11 Å². The van der Waals surface area contributed by atoms with Crippen molar-refractivity contribution < 1.29 is 5.11 Å². The highest BCUT2D eigenvalue weighted by atomic mass is 35.5. The summed E-state index contributed by atoms with van der Waals surface area (Å²) < 4.78 is 0. The lowest BCUT2D eigenvalue weighted by atomic mass is 10.0. The molecule has 4 rings (SSSR count). The summed E-state index contributed by atoms with van der Waals surface area (Å²) in [6.07, 6.45) is 0.743. The first kappa shape index (κ1) is 16.2. The number of aromatic hydroxyl groups is 1. The molecule has 0 bridgehead atoms. The molecule has 0 saturated carbocycles. The Morgan fingerprint density at radius 1 is 0.960 bits per heavy atom. The molecule has 1 aliphatic heterocycles. The molecule has 2 nitrogen and oxygen atoms in total. The number of rotatable bonds is 2. The van der Waals surface area contributed by atoms with E-state index in [2.05, 4.69) is 12.1 Å². The van der Waals surface area contributed by atoms with Gasteiger partial charge in [-0.05, 0) is 41.5 Å². The van der Waals surface area contributed by atoms with E-state index < -0.39 is 0 Å². The largest absolute Gasteiger partial charge is 0.508 e. The van der Waals surface area contributed by atoms with Crippen molar-refractivity contribution in [3.8, 4) is 5.75 Å². The first-order chi connectivity index (χ1) is 12.2. The van der Waals surface area contributed by atoms with Crippen molar-refractivity contribution in [3.63, 3.8) is 0 Å². The maximum atomic E-state index is 9.86. The van der Waals surface area contributed by atoms with Gasteiger partial charge in [-0.1, -0.05) is 54.1 Å². The Morgan fingerprint density at radius 3 is 2.60 bits per heavy atom. The second-order valence-electron chi connectivity index (χ2n) is 5.91. The molecule has 25 heavy (non-hydrogen) atoms. The minimum absolute atomic E-state index is 0.165. The van der Waals surface area contributed by atoms with Crippen LogP contribution in [0.15, 0.2) is 82.7 Å². The highest BCUT2D eigenvalue weighted by Gasteiger charge is 2.24. The lowest BCUT2D eigenvalue weighted by Crippen LogP contribution is -2.05. The quantitative estimate of drug-likeness (QED) is 0.569. The Kier molecular flexibility index (Phi) is 4.51. The smallest absolute Gasteiger partial charge is 0.116 e. The van der Waals surface area contributed by atoms with Crippen LogP contribution in [0.2, 0.25) is 5.02 Å². The third-order valence-corrected chi connectivity index (χ3v) is 5.85. The topological polar surface area (TPSA) is 32.6 Å². The SMILES string of the molecule is Oc1cccc(C2=Nc3ccccc3SC(c3ccccc3Cl)C2)c1. The molecule has 1 heterocycles. The van der Waals surface area contributed by atoms with E-state index in [-0.39, 0.29) is 11.0 Å². The van der Waals surface area contributed by atoms with Gasteiger partial charge in [0, 0.05) is 27.3 Å². The summed E-state index contributed by atoms with van der Waals surface area (Å²) in [6, 6.07) is 23.4. The number of thioether (sulfide) groups is 1. The number of phenolic OH excluding ortho intramolecular Hbond substituents is 1. The van der Waals surface area contributed by atoms with Crippen LogP contribution in [-0.2, 0) is 0 Å². The molecule has 0 aliphatic carbocycles. The molecule has 1 atom stereocenters. The number of para-hydroxylation sites is 1. The molecule has 3 aromatic rings. The summed E-state index contributed by atoms with van der Waals surface area (Å²) in [5.41, 5.74) is 3.96. The van der Waals surface area contributed by atoms with Crippen molar-refractivity contribution in [2.24, 2.45) is 4.99 Å². The molecule has 1 N–H and O–H groups in total. The molecule has 0 aromatic heterocycles.